The van der Waals surface area contributed by atoms with Gasteiger partial charge in [-0.1, -0.05) is 0 Å². The van der Waals surface area contributed by atoms with Gasteiger partial charge in [-0.3, -0.25) is 0 Å². The number of urea groups is 1. The molecule has 0 spiro atoms. The zero-order valence-corrected chi connectivity index (χ0v) is 9.49. The van der Waals surface area contributed by atoms with E-state index in [0.29, 0.717) is 18.7 Å². The zero-order valence-electron chi connectivity index (χ0n) is 9.49. The van der Waals surface area contributed by atoms with Gasteiger partial charge in [0.05, 0.1) is 5.56 Å². The third kappa shape index (κ3) is 4.02. The van der Waals surface area contributed by atoms with Crippen molar-refractivity contribution in [1.82, 2.24) is 5.32 Å². The summed E-state index contributed by atoms with van der Waals surface area (Å²) in [5.74, 6) is -0.940. The van der Waals surface area contributed by atoms with Gasteiger partial charge in [0.2, 0.25) is 0 Å². The van der Waals surface area contributed by atoms with Crippen molar-refractivity contribution in [2.24, 2.45) is 5.73 Å². The van der Waals surface area contributed by atoms with Crippen molar-refractivity contribution in [3.05, 3.63) is 29.3 Å². The molecule has 1 aromatic carbocycles. The SMILES string of the molecule is Cc1cc(NCCNC(N)=O)ccc1C(=O)O. The van der Waals surface area contributed by atoms with Crippen molar-refractivity contribution in [3.8, 4) is 0 Å². The fraction of sp³-hybridized carbons (Fsp3) is 0.273. The van der Waals surface area contributed by atoms with E-state index in [2.05, 4.69) is 10.6 Å². The zero-order chi connectivity index (χ0) is 12.8. The monoisotopic (exact) mass is 237 g/mol. The maximum absolute atomic E-state index is 10.8. The number of amides is 2. The van der Waals surface area contributed by atoms with Crippen molar-refractivity contribution >= 4 is 17.7 Å². The molecule has 92 valence electrons. The summed E-state index contributed by atoms with van der Waals surface area (Å²) in [4.78, 5) is 21.2. The van der Waals surface area contributed by atoms with Crippen molar-refractivity contribution in [2.45, 2.75) is 6.92 Å². The molecule has 1 aromatic rings. The fourth-order valence-corrected chi connectivity index (χ4v) is 1.41. The van der Waals surface area contributed by atoms with Crippen LogP contribution in [0, 0.1) is 6.92 Å². The first-order chi connectivity index (χ1) is 8.00. The van der Waals surface area contributed by atoms with E-state index < -0.39 is 12.0 Å². The molecule has 5 N–H and O–H groups in total. The van der Waals surface area contributed by atoms with Gasteiger partial charge in [-0.2, -0.15) is 0 Å². The molecule has 0 aliphatic carbocycles. The van der Waals surface area contributed by atoms with E-state index in [1.165, 1.54) is 0 Å². The number of nitrogens with two attached hydrogens (primary N) is 1. The van der Waals surface area contributed by atoms with Gasteiger partial charge in [0.1, 0.15) is 0 Å². The van der Waals surface area contributed by atoms with Crippen LogP contribution < -0.4 is 16.4 Å². The van der Waals surface area contributed by atoms with Crippen LogP contribution >= 0.6 is 0 Å². The van der Waals surface area contributed by atoms with E-state index in [1.54, 1.807) is 25.1 Å². The number of hydrogen-bond acceptors (Lipinski definition) is 3. The number of carbonyl (C=O) groups excluding carboxylic acids is 1. The minimum absolute atomic E-state index is 0.283. The smallest absolute Gasteiger partial charge is 0.335 e. The second kappa shape index (κ2) is 5.74. The molecule has 0 aliphatic rings. The summed E-state index contributed by atoms with van der Waals surface area (Å²) < 4.78 is 0. The Morgan fingerprint density at radius 3 is 2.59 bits per heavy atom. The molecule has 0 fully saturated rings. The molecule has 2 amide bonds. The number of nitrogens with one attached hydrogen (secondary N) is 2. The number of carboxylic acids is 1. The topological polar surface area (TPSA) is 104 Å². The Morgan fingerprint density at radius 1 is 1.35 bits per heavy atom. The van der Waals surface area contributed by atoms with Gasteiger partial charge in [-0.05, 0) is 30.7 Å². The third-order valence-electron chi connectivity index (χ3n) is 2.21. The van der Waals surface area contributed by atoms with E-state index in [0.717, 1.165) is 5.69 Å². The van der Waals surface area contributed by atoms with Gasteiger partial charge in [-0.15, -0.1) is 0 Å². The lowest BCUT2D eigenvalue weighted by Crippen LogP contribution is -2.33. The lowest BCUT2D eigenvalue weighted by molar-refractivity contribution is 0.0696. The van der Waals surface area contributed by atoms with E-state index in [4.69, 9.17) is 10.8 Å². The Labute approximate surface area is 98.8 Å². The number of benzene rings is 1. The largest absolute Gasteiger partial charge is 0.478 e. The van der Waals surface area contributed by atoms with Crippen molar-refractivity contribution < 1.29 is 14.7 Å². The Hall–Kier alpha value is -2.24. The van der Waals surface area contributed by atoms with Gasteiger partial charge in [0.15, 0.2) is 0 Å². The highest BCUT2D eigenvalue weighted by Gasteiger charge is 2.06. The number of hydrogen-bond donors (Lipinski definition) is 4. The van der Waals surface area contributed by atoms with Crippen molar-refractivity contribution in [2.75, 3.05) is 18.4 Å². The van der Waals surface area contributed by atoms with E-state index >= 15 is 0 Å². The van der Waals surface area contributed by atoms with Crippen LogP contribution in [0.15, 0.2) is 18.2 Å². The summed E-state index contributed by atoms with van der Waals surface area (Å²) in [6.45, 7) is 2.67. The van der Waals surface area contributed by atoms with Gasteiger partial charge >= 0.3 is 12.0 Å². The summed E-state index contributed by atoms with van der Waals surface area (Å²) in [5, 5.41) is 14.3. The number of carbonyl (C=O) groups is 2. The highest BCUT2D eigenvalue weighted by molar-refractivity contribution is 5.89. The number of anilines is 1. The summed E-state index contributed by atoms with van der Waals surface area (Å²) in [5.41, 5.74) is 6.68. The molecule has 0 aliphatic heterocycles. The molecule has 0 aromatic heterocycles. The maximum atomic E-state index is 10.8. The predicted octanol–water partition coefficient (Wildman–Crippen LogP) is 0.773. The lowest BCUT2D eigenvalue weighted by atomic mass is 10.1. The van der Waals surface area contributed by atoms with Crippen LogP contribution in [0.1, 0.15) is 15.9 Å². The number of primary amides is 1. The Morgan fingerprint density at radius 2 is 2.06 bits per heavy atom. The molecule has 0 bridgehead atoms. The van der Waals surface area contributed by atoms with Crippen LogP contribution in [-0.4, -0.2) is 30.2 Å². The molecular weight excluding hydrogens is 222 g/mol. The molecule has 0 atom stereocenters. The van der Waals surface area contributed by atoms with Crippen LogP contribution in [0.3, 0.4) is 0 Å². The predicted molar refractivity (Wildman–Crippen MR) is 64.2 cm³/mol. The highest BCUT2D eigenvalue weighted by atomic mass is 16.4. The van der Waals surface area contributed by atoms with Gasteiger partial charge in [0.25, 0.3) is 0 Å². The molecule has 0 saturated carbocycles. The summed E-state index contributed by atoms with van der Waals surface area (Å²) in [7, 11) is 0. The highest BCUT2D eigenvalue weighted by Crippen LogP contribution is 2.14. The molecular formula is C11H15N3O3. The molecule has 1 rings (SSSR count). The van der Waals surface area contributed by atoms with Crippen LogP contribution in [0.4, 0.5) is 10.5 Å². The van der Waals surface area contributed by atoms with Crippen molar-refractivity contribution in [3.63, 3.8) is 0 Å². The van der Waals surface area contributed by atoms with Crippen LogP contribution in [-0.2, 0) is 0 Å². The molecule has 0 radical (unpaired) electrons. The first kappa shape index (κ1) is 12.8. The fourth-order valence-electron chi connectivity index (χ4n) is 1.41. The average Bonchev–Trinajstić information content (AvgIpc) is 2.23. The molecule has 0 unspecified atom stereocenters. The summed E-state index contributed by atoms with van der Waals surface area (Å²) in [6.07, 6.45) is 0. The number of aromatic carboxylic acids is 1. The Kier molecular flexibility index (Phi) is 4.33. The minimum Gasteiger partial charge on any atom is -0.478 e. The Balaban J connectivity index is 2.53. The molecule has 6 nitrogen and oxygen atoms in total. The lowest BCUT2D eigenvalue weighted by Gasteiger charge is -2.08. The Bertz CT molecular complexity index is 432. The van der Waals surface area contributed by atoms with Gasteiger partial charge in [0, 0.05) is 18.8 Å². The minimum atomic E-state index is -0.940. The van der Waals surface area contributed by atoms with Crippen LogP contribution in [0.5, 0.6) is 0 Å². The summed E-state index contributed by atoms with van der Waals surface area (Å²) in [6, 6.07) is 4.40. The van der Waals surface area contributed by atoms with Gasteiger partial charge < -0.3 is 21.5 Å². The molecule has 0 saturated heterocycles. The van der Waals surface area contributed by atoms with E-state index in [1.807, 2.05) is 0 Å². The normalized spacial score (nSPS) is 9.71. The quantitative estimate of drug-likeness (QED) is 0.568. The first-order valence-corrected chi connectivity index (χ1v) is 5.12. The maximum Gasteiger partial charge on any atom is 0.335 e. The molecule has 17 heavy (non-hydrogen) atoms. The van der Waals surface area contributed by atoms with Crippen LogP contribution in [0.25, 0.3) is 0 Å². The number of rotatable bonds is 5. The van der Waals surface area contributed by atoms with E-state index in [9.17, 15) is 9.59 Å². The number of carboxylic acid groups (broad SMARTS) is 1. The second-order valence-electron chi connectivity index (χ2n) is 3.55. The summed E-state index contributed by atoms with van der Waals surface area (Å²) >= 11 is 0. The first-order valence-electron chi connectivity index (χ1n) is 5.12. The second-order valence-corrected chi connectivity index (χ2v) is 3.55. The third-order valence-corrected chi connectivity index (χ3v) is 2.21. The van der Waals surface area contributed by atoms with E-state index in [-0.39, 0.29) is 5.56 Å². The van der Waals surface area contributed by atoms with Gasteiger partial charge in [-0.25, -0.2) is 9.59 Å². The average molecular weight is 237 g/mol. The van der Waals surface area contributed by atoms with Crippen molar-refractivity contribution in [1.29, 1.82) is 0 Å². The standard InChI is InChI=1S/C11H15N3O3/c1-7-6-8(2-3-9(7)10(15)16)13-4-5-14-11(12)17/h2-3,6,13H,4-5H2,1H3,(H,15,16)(H3,12,14,17). The number of aryl methyl sites for hydroxylation is 1. The van der Waals surface area contributed by atoms with Crippen LogP contribution in [0.2, 0.25) is 0 Å². The molecule has 6 heteroatoms. The molecule has 0 heterocycles.